The maximum Gasteiger partial charge on any atom is 0.283 e. The van der Waals surface area contributed by atoms with Crippen molar-refractivity contribution in [2.24, 2.45) is 0 Å². The van der Waals surface area contributed by atoms with Crippen molar-refractivity contribution < 1.29 is 24.0 Å². The van der Waals surface area contributed by atoms with Crippen LogP contribution in [0.1, 0.15) is 10.4 Å². The Kier molecular flexibility index (Phi) is 6.10. The first-order valence-corrected chi connectivity index (χ1v) is 11.0. The van der Waals surface area contributed by atoms with E-state index in [9.17, 15) is 19.7 Å². The summed E-state index contributed by atoms with van der Waals surface area (Å²) in [5.41, 5.74) is 0.578. The predicted molar refractivity (Wildman–Crippen MR) is 115 cm³/mol. The average Bonchev–Trinajstić information content (AvgIpc) is 2.82. The summed E-state index contributed by atoms with van der Waals surface area (Å²) in [6.07, 6.45) is 0.876. The second-order valence-electron chi connectivity index (χ2n) is 7.07. The van der Waals surface area contributed by atoms with Gasteiger partial charge in [-0.05, 0) is 30.5 Å². The third-order valence-electron chi connectivity index (χ3n) is 5.24. The highest BCUT2D eigenvalue weighted by Crippen LogP contribution is 2.35. The van der Waals surface area contributed by atoms with E-state index in [1.54, 1.807) is 47.6 Å². The van der Waals surface area contributed by atoms with Crippen LogP contribution in [0.4, 0.5) is 11.4 Å². The molecule has 1 fully saturated rings. The molecule has 31 heavy (non-hydrogen) atoms. The number of anilines is 1. The molecule has 0 aliphatic carbocycles. The van der Waals surface area contributed by atoms with Gasteiger partial charge in [0.25, 0.3) is 17.5 Å². The van der Waals surface area contributed by atoms with E-state index < -0.39 is 16.9 Å². The van der Waals surface area contributed by atoms with E-state index in [1.807, 2.05) is 0 Å². The Hall–Kier alpha value is -3.11. The lowest BCUT2D eigenvalue weighted by atomic mass is 10.1. The summed E-state index contributed by atoms with van der Waals surface area (Å²) in [5, 5.41) is 11.4. The second-order valence-corrected chi connectivity index (χ2v) is 7.92. The lowest BCUT2D eigenvalue weighted by molar-refractivity contribution is -0.387. The molecular formula is C21H21N3O6S. The quantitative estimate of drug-likeness (QED) is 0.407. The molecule has 1 atom stereocenters. The Labute approximate surface area is 183 Å². The number of fused-ring (bicyclic) bond motifs is 1. The highest BCUT2D eigenvalue weighted by molar-refractivity contribution is 7.98. The number of hydrogen-bond donors (Lipinski definition) is 0. The normalized spacial score (nSPS) is 18.2. The van der Waals surface area contributed by atoms with Gasteiger partial charge >= 0.3 is 0 Å². The first-order chi connectivity index (χ1) is 15.0. The molecule has 10 heteroatoms. The van der Waals surface area contributed by atoms with Gasteiger partial charge in [-0.15, -0.1) is 11.8 Å². The van der Waals surface area contributed by atoms with Crippen molar-refractivity contribution in [2.75, 3.05) is 44.0 Å². The number of nitro groups is 1. The largest absolute Gasteiger partial charge is 0.476 e. The summed E-state index contributed by atoms with van der Waals surface area (Å²) in [7, 11) is 0. The van der Waals surface area contributed by atoms with Crippen LogP contribution >= 0.6 is 11.8 Å². The zero-order valence-electron chi connectivity index (χ0n) is 16.9. The Morgan fingerprint density at radius 1 is 1.16 bits per heavy atom. The zero-order valence-corrected chi connectivity index (χ0v) is 17.7. The van der Waals surface area contributed by atoms with E-state index in [0.29, 0.717) is 42.6 Å². The minimum absolute atomic E-state index is 0.0180. The number of nitro benzene ring substituents is 1. The van der Waals surface area contributed by atoms with E-state index in [-0.39, 0.29) is 23.7 Å². The third kappa shape index (κ3) is 4.21. The van der Waals surface area contributed by atoms with Gasteiger partial charge in [0.05, 0.1) is 35.3 Å². The number of carbonyl (C=O) groups excluding carboxylic acids is 2. The Morgan fingerprint density at radius 2 is 1.90 bits per heavy atom. The summed E-state index contributed by atoms with van der Waals surface area (Å²) in [4.78, 5) is 40.9. The van der Waals surface area contributed by atoms with Crippen LogP contribution in [0.5, 0.6) is 5.75 Å². The van der Waals surface area contributed by atoms with E-state index in [2.05, 4.69) is 0 Å². The van der Waals surface area contributed by atoms with Gasteiger partial charge in [0.2, 0.25) is 0 Å². The Balaban J connectivity index is 1.66. The van der Waals surface area contributed by atoms with Gasteiger partial charge in [0.15, 0.2) is 6.10 Å². The van der Waals surface area contributed by atoms with Gasteiger partial charge in [-0.1, -0.05) is 12.1 Å². The summed E-state index contributed by atoms with van der Waals surface area (Å²) < 4.78 is 11.2. The molecule has 4 rings (SSSR count). The minimum Gasteiger partial charge on any atom is -0.476 e. The molecule has 2 aromatic rings. The molecule has 162 valence electrons. The maximum atomic E-state index is 13.4. The summed E-state index contributed by atoms with van der Waals surface area (Å²) in [6, 6.07) is 11.4. The van der Waals surface area contributed by atoms with Gasteiger partial charge in [-0.2, -0.15) is 0 Å². The van der Waals surface area contributed by atoms with Crippen LogP contribution in [0.15, 0.2) is 47.4 Å². The molecule has 0 radical (unpaired) electrons. The van der Waals surface area contributed by atoms with Crippen LogP contribution in [-0.4, -0.2) is 66.8 Å². The number of thioether (sulfide) groups is 1. The van der Waals surface area contributed by atoms with Crippen LogP contribution in [0.25, 0.3) is 0 Å². The van der Waals surface area contributed by atoms with Crippen molar-refractivity contribution in [3.63, 3.8) is 0 Å². The lowest BCUT2D eigenvalue weighted by Crippen LogP contribution is -2.54. The molecule has 2 aliphatic rings. The van der Waals surface area contributed by atoms with Crippen molar-refractivity contribution >= 4 is 35.0 Å². The van der Waals surface area contributed by atoms with Crippen molar-refractivity contribution in [3.8, 4) is 5.75 Å². The molecule has 0 aromatic heterocycles. The van der Waals surface area contributed by atoms with E-state index >= 15 is 0 Å². The fraction of sp³-hybridized carbons (Fsp3) is 0.333. The van der Waals surface area contributed by atoms with Gasteiger partial charge in [-0.25, -0.2) is 0 Å². The molecule has 0 saturated carbocycles. The standard InChI is InChI=1S/C21H21N3O6S/c1-31-19-7-6-14(12-16(19)24(27)28)20(25)23-13-18(21(26)22-8-10-29-11-9-22)30-17-5-3-2-4-15(17)23/h2-7,12,18H,8-11,13H2,1H3/t18-/m0/s1. The van der Waals surface area contributed by atoms with Crippen LogP contribution in [0.3, 0.4) is 0 Å². The number of rotatable bonds is 4. The summed E-state index contributed by atoms with van der Waals surface area (Å²) in [5.74, 6) is -0.213. The number of nitrogens with zero attached hydrogens (tertiary/aromatic N) is 3. The molecule has 0 bridgehead atoms. The zero-order chi connectivity index (χ0) is 22.0. The minimum atomic E-state index is -0.864. The van der Waals surface area contributed by atoms with Crippen LogP contribution < -0.4 is 9.64 Å². The third-order valence-corrected chi connectivity index (χ3v) is 6.02. The second kappa shape index (κ2) is 8.94. The van der Waals surface area contributed by atoms with Gasteiger partial charge in [0.1, 0.15) is 5.75 Å². The number of amides is 2. The fourth-order valence-electron chi connectivity index (χ4n) is 3.66. The molecule has 1 saturated heterocycles. The number of carbonyl (C=O) groups is 2. The molecule has 9 nitrogen and oxygen atoms in total. The number of hydrogen-bond acceptors (Lipinski definition) is 7. The van der Waals surface area contributed by atoms with Crippen molar-refractivity contribution in [1.29, 1.82) is 0 Å². The summed E-state index contributed by atoms with van der Waals surface area (Å²) in [6.45, 7) is 1.88. The SMILES string of the molecule is CSc1ccc(C(=O)N2C[C@@H](C(=O)N3CCOCC3)Oc3ccccc32)cc1[N+](=O)[O-]. The van der Waals surface area contributed by atoms with Gasteiger partial charge in [0, 0.05) is 24.7 Å². The Bertz CT molecular complexity index is 1020. The first-order valence-electron chi connectivity index (χ1n) is 9.76. The number of ether oxygens (including phenoxy) is 2. The average molecular weight is 443 g/mol. The molecule has 2 amide bonds. The van der Waals surface area contributed by atoms with Crippen LogP contribution in [0, 0.1) is 10.1 Å². The van der Waals surface area contributed by atoms with E-state index in [1.165, 1.54) is 22.7 Å². The monoisotopic (exact) mass is 443 g/mol. The molecule has 2 aliphatic heterocycles. The topological polar surface area (TPSA) is 102 Å². The van der Waals surface area contributed by atoms with Gasteiger partial charge < -0.3 is 19.3 Å². The first kappa shape index (κ1) is 21.1. The van der Waals surface area contributed by atoms with Crippen LogP contribution in [0.2, 0.25) is 0 Å². The highest BCUT2D eigenvalue weighted by Gasteiger charge is 2.37. The molecule has 0 N–H and O–H groups in total. The highest BCUT2D eigenvalue weighted by atomic mass is 32.2. The van der Waals surface area contributed by atoms with Crippen molar-refractivity contribution in [1.82, 2.24) is 4.90 Å². The van der Waals surface area contributed by atoms with Crippen LogP contribution in [-0.2, 0) is 9.53 Å². The number of benzene rings is 2. The summed E-state index contributed by atoms with van der Waals surface area (Å²) >= 11 is 1.24. The lowest BCUT2D eigenvalue weighted by Gasteiger charge is -2.37. The molecular weight excluding hydrogens is 422 g/mol. The van der Waals surface area contributed by atoms with Crippen molar-refractivity contribution in [3.05, 3.63) is 58.1 Å². The molecule has 0 spiro atoms. The number of morpholine rings is 1. The Morgan fingerprint density at radius 3 is 2.61 bits per heavy atom. The predicted octanol–water partition coefficient (Wildman–Crippen LogP) is 2.58. The number of para-hydroxylation sites is 2. The molecule has 0 unspecified atom stereocenters. The smallest absolute Gasteiger partial charge is 0.283 e. The van der Waals surface area contributed by atoms with E-state index in [0.717, 1.165) is 0 Å². The molecule has 2 aromatic carbocycles. The van der Waals surface area contributed by atoms with Crippen molar-refractivity contribution in [2.45, 2.75) is 11.0 Å². The van der Waals surface area contributed by atoms with Gasteiger partial charge in [-0.3, -0.25) is 19.7 Å². The molecule has 2 heterocycles. The fourth-order valence-corrected chi connectivity index (χ4v) is 4.21. The van der Waals surface area contributed by atoms with E-state index in [4.69, 9.17) is 9.47 Å². The maximum absolute atomic E-state index is 13.4.